The molecule has 6 heterocycles. The van der Waals surface area contributed by atoms with Gasteiger partial charge in [-0.3, -0.25) is 9.69 Å². The van der Waals surface area contributed by atoms with Crippen LogP contribution in [0.5, 0.6) is 5.88 Å². The number of ether oxygens (including phenoxy) is 1. The van der Waals surface area contributed by atoms with Gasteiger partial charge >= 0.3 is 0 Å². The number of nitrogens with one attached hydrogen (secondary N) is 1. The number of fused-ring (bicyclic) bond motifs is 2. The number of β-lactam (4-membered cyclic amide) rings is 1. The predicted octanol–water partition coefficient (Wildman–Crippen LogP) is 3.85. The molecule has 9 heteroatoms. The first kappa shape index (κ1) is 22.3. The number of rotatable bonds is 5. The van der Waals surface area contributed by atoms with Crippen LogP contribution in [-0.4, -0.2) is 64.6 Å². The third-order valence-electron chi connectivity index (χ3n) is 8.40. The van der Waals surface area contributed by atoms with E-state index in [1.807, 2.05) is 0 Å². The van der Waals surface area contributed by atoms with Gasteiger partial charge in [-0.05, 0) is 58.0 Å². The third kappa shape index (κ3) is 3.44. The van der Waals surface area contributed by atoms with E-state index in [-0.39, 0.29) is 27.7 Å². The van der Waals surface area contributed by atoms with Crippen LogP contribution < -0.4 is 15.0 Å². The largest absolute Gasteiger partial charge is 0.475 e. The fourth-order valence-electron chi connectivity index (χ4n) is 6.79. The molecule has 4 aliphatic heterocycles. The number of aromatic nitrogens is 2. The summed E-state index contributed by atoms with van der Waals surface area (Å²) in [6, 6.07) is 0. The molecule has 2 aromatic heterocycles. The predicted molar refractivity (Wildman–Crippen MR) is 129 cm³/mol. The number of piperidine rings is 1. The summed E-state index contributed by atoms with van der Waals surface area (Å²) in [5, 5.41) is 3.59. The van der Waals surface area contributed by atoms with Gasteiger partial charge in [0, 0.05) is 30.2 Å². The molecule has 1 N–H and O–H groups in total. The van der Waals surface area contributed by atoms with E-state index in [0.717, 1.165) is 56.6 Å². The van der Waals surface area contributed by atoms with E-state index in [0.29, 0.717) is 37.3 Å². The molecule has 6 rings (SSSR count). The molecule has 4 fully saturated rings. The second kappa shape index (κ2) is 8.19. The summed E-state index contributed by atoms with van der Waals surface area (Å²) in [6.45, 7) is 6.41. The van der Waals surface area contributed by atoms with Crippen LogP contribution in [0.1, 0.15) is 57.4 Å². The average Bonchev–Trinajstić information content (AvgIpc) is 3.39. The van der Waals surface area contributed by atoms with E-state index >= 15 is 4.39 Å². The number of pyridine rings is 2. The third-order valence-corrected chi connectivity index (χ3v) is 8.67. The van der Waals surface area contributed by atoms with Gasteiger partial charge in [0.15, 0.2) is 11.0 Å². The van der Waals surface area contributed by atoms with Crippen molar-refractivity contribution in [3.63, 3.8) is 0 Å². The maximum absolute atomic E-state index is 15.2. The van der Waals surface area contributed by atoms with Gasteiger partial charge in [0.25, 0.3) is 0 Å². The zero-order chi connectivity index (χ0) is 23.5. The van der Waals surface area contributed by atoms with E-state index in [1.54, 1.807) is 6.20 Å². The highest BCUT2D eigenvalue weighted by Crippen LogP contribution is 2.43. The number of carbonyl (C=O) groups is 1. The summed E-state index contributed by atoms with van der Waals surface area (Å²) >= 11 is 6.06. The molecule has 0 aliphatic carbocycles. The molecule has 1 atom stereocenters. The normalized spacial score (nSPS) is 26.1. The van der Waals surface area contributed by atoms with Crippen LogP contribution in [0.4, 0.5) is 10.1 Å². The molecule has 1 spiro atoms. The first-order chi connectivity index (χ1) is 16.4. The highest BCUT2D eigenvalue weighted by molar-refractivity contribution is 6.30. The lowest BCUT2D eigenvalue weighted by Gasteiger charge is -2.49. The summed E-state index contributed by atoms with van der Waals surface area (Å²) in [4.78, 5) is 25.4. The molecular formula is C25H31ClFN5O2. The zero-order valence-electron chi connectivity index (χ0n) is 19.6. The fraction of sp³-hybridized carbons (Fsp3) is 0.640. The molecule has 34 heavy (non-hydrogen) atoms. The van der Waals surface area contributed by atoms with E-state index in [4.69, 9.17) is 16.3 Å². The van der Waals surface area contributed by atoms with Crippen molar-refractivity contribution in [2.24, 2.45) is 0 Å². The average molecular weight is 488 g/mol. The molecule has 4 aliphatic rings. The summed E-state index contributed by atoms with van der Waals surface area (Å²) in [5.41, 5.74) is 1.95. The van der Waals surface area contributed by atoms with Gasteiger partial charge in [-0.1, -0.05) is 18.5 Å². The minimum absolute atomic E-state index is 0.0711. The summed E-state index contributed by atoms with van der Waals surface area (Å²) in [5.74, 6) is -0.0210. The molecule has 2 aromatic rings. The second-order valence-electron chi connectivity index (χ2n) is 10.5. The van der Waals surface area contributed by atoms with Crippen molar-refractivity contribution < 1.29 is 13.9 Å². The van der Waals surface area contributed by atoms with Crippen molar-refractivity contribution in [1.29, 1.82) is 0 Å². The minimum atomic E-state index is -0.613. The number of amides is 1. The Morgan fingerprint density at radius 2 is 1.94 bits per heavy atom. The number of carbonyl (C=O) groups excluding carboxylic acids is 1. The number of nitrogens with zero attached hydrogens (tertiary/aromatic N) is 4. The van der Waals surface area contributed by atoms with Crippen molar-refractivity contribution in [2.75, 3.05) is 37.7 Å². The van der Waals surface area contributed by atoms with Gasteiger partial charge in [0.2, 0.25) is 11.8 Å². The van der Waals surface area contributed by atoms with Gasteiger partial charge in [0.05, 0.1) is 23.2 Å². The molecule has 0 saturated carbocycles. The number of halogens is 2. The standard InChI is InChI=1S/C25H31ClFN5O2/c1-2-16-21(31-9-3-6-24(14-31)12-18(33)30-24)17-13-28-22(26)19(27)20(17)29-23(16)34-15-25-7-4-10-32(25)11-5-8-25/h13H,2-12,14-15H2,1H3,(H,30,33). The quantitative estimate of drug-likeness (QED) is 0.510. The van der Waals surface area contributed by atoms with Crippen molar-refractivity contribution in [2.45, 2.75) is 69.4 Å². The summed E-state index contributed by atoms with van der Waals surface area (Å²) in [6.07, 6.45) is 9.42. The van der Waals surface area contributed by atoms with E-state index in [1.165, 1.54) is 12.8 Å². The molecule has 4 saturated heterocycles. The van der Waals surface area contributed by atoms with Crippen LogP contribution in [-0.2, 0) is 11.2 Å². The zero-order valence-corrected chi connectivity index (χ0v) is 20.4. The highest BCUT2D eigenvalue weighted by atomic mass is 35.5. The minimum Gasteiger partial charge on any atom is -0.475 e. The van der Waals surface area contributed by atoms with Crippen LogP contribution in [0.15, 0.2) is 6.20 Å². The molecule has 0 aromatic carbocycles. The number of anilines is 1. The molecule has 1 amide bonds. The Balaban J connectivity index is 1.42. The Morgan fingerprint density at radius 1 is 1.21 bits per heavy atom. The van der Waals surface area contributed by atoms with Gasteiger partial charge in [-0.15, -0.1) is 0 Å². The Bertz CT molecular complexity index is 1140. The lowest BCUT2D eigenvalue weighted by Crippen LogP contribution is -2.68. The van der Waals surface area contributed by atoms with Gasteiger partial charge in [0.1, 0.15) is 12.1 Å². The Labute approximate surface area is 204 Å². The number of hydrogen-bond donors (Lipinski definition) is 1. The van der Waals surface area contributed by atoms with Crippen LogP contribution in [0.3, 0.4) is 0 Å². The molecule has 0 bridgehead atoms. The van der Waals surface area contributed by atoms with Gasteiger partial charge < -0.3 is 15.0 Å². The smallest absolute Gasteiger partial charge is 0.222 e. The van der Waals surface area contributed by atoms with Crippen LogP contribution in [0, 0.1) is 5.82 Å². The van der Waals surface area contributed by atoms with Crippen molar-refractivity contribution in [3.8, 4) is 5.88 Å². The lowest BCUT2D eigenvalue weighted by molar-refractivity contribution is -0.133. The first-order valence-corrected chi connectivity index (χ1v) is 12.9. The Morgan fingerprint density at radius 3 is 2.65 bits per heavy atom. The fourth-order valence-corrected chi connectivity index (χ4v) is 6.93. The highest BCUT2D eigenvalue weighted by Gasteiger charge is 2.47. The topological polar surface area (TPSA) is 70.6 Å². The molecule has 7 nitrogen and oxygen atoms in total. The maximum Gasteiger partial charge on any atom is 0.222 e. The van der Waals surface area contributed by atoms with Crippen molar-refractivity contribution in [3.05, 3.63) is 22.7 Å². The van der Waals surface area contributed by atoms with E-state index in [2.05, 4.69) is 32.0 Å². The lowest BCUT2D eigenvalue weighted by atomic mass is 9.79. The monoisotopic (exact) mass is 487 g/mol. The first-order valence-electron chi connectivity index (χ1n) is 12.5. The molecule has 182 valence electrons. The molecular weight excluding hydrogens is 457 g/mol. The maximum atomic E-state index is 15.2. The van der Waals surface area contributed by atoms with Crippen LogP contribution >= 0.6 is 11.6 Å². The Hall–Kier alpha value is -2.19. The van der Waals surface area contributed by atoms with Gasteiger partial charge in [-0.2, -0.15) is 0 Å². The van der Waals surface area contributed by atoms with Crippen LogP contribution in [0.2, 0.25) is 5.15 Å². The van der Waals surface area contributed by atoms with E-state index < -0.39 is 5.82 Å². The SMILES string of the molecule is CCc1c(OCC23CCCN2CCC3)nc2c(F)c(Cl)ncc2c1N1CCCC2(CC(=O)N2)C1. The second-order valence-corrected chi connectivity index (χ2v) is 10.8. The summed E-state index contributed by atoms with van der Waals surface area (Å²) < 4.78 is 21.7. The van der Waals surface area contributed by atoms with E-state index in [9.17, 15) is 4.79 Å². The van der Waals surface area contributed by atoms with Crippen LogP contribution in [0.25, 0.3) is 10.9 Å². The Kier molecular flexibility index (Phi) is 5.37. The number of hydrogen-bond acceptors (Lipinski definition) is 6. The summed E-state index contributed by atoms with van der Waals surface area (Å²) in [7, 11) is 0. The van der Waals surface area contributed by atoms with Crippen molar-refractivity contribution in [1.82, 2.24) is 20.2 Å². The van der Waals surface area contributed by atoms with Crippen molar-refractivity contribution >= 4 is 34.1 Å². The molecule has 0 radical (unpaired) electrons. The molecule has 1 unspecified atom stereocenters. The van der Waals surface area contributed by atoms with Gasteiger partial charge in [-0.25, -0.2) is 14.4 Å².